The second-order valence-corrected chi connectivity index (χ2v) is 1.56. The molecule has 0 aromatic rings. The Labute approximate surface area is 53.6 Å². The van der Waals surface area contributed by atoms with E-state index in [4.69, 9.17) is 10.8 Å². The lowest BCUT2D eigenvalue weighted by Crippen LogP contribution is -2.37. The molecule has 1 atom stereocenters. The number of nitrogens with two attached hydrogens (primary N) is 1. The smallest absolute Gasteiger partial charge is 0.320 e. The largest absolute Gasteiger partial charge is 0.373 e. The molecule has 0 spiro atoms. The monoisotopic (exact) mass is 130 g/mol. The van der Waals surface area contributed by atoms with E-state index in [0.717, 1.165) is 4.90 Å². The topological polar surface area (TPSA) is 66.6 Å². The number of rotatable bonds is 2. The zero-order chi connectivity index (χ0) is 7.44. The third kappa shape index (κ3) is 2.14. The van der Waals surface area contributed by atoms with Gasteiger partial charge in [-0.3, -0.25) is 4.90 Å². The van der Waals surface area contributed by atoms with E-state index in [-0.39, 0.29) is 0 Å². The molecule has 4 heteroatoms. The first-order chi connectivity index (χ1) is 4.09. The van der Waals surface area contributed by atoms with E-state index in [9.17, 15) is 4.79 Å². The Morgan fingerprint density at radius 3 is 2.44 bits per heavy atom. The average Bonchev–Trinajstić information content (AvgIpc) is 1.64. The lowest BCUT2D eigenvalue weighted by Gasteiger charge is -2.17. The molecule has 4 nitrogen and oxygen atoms in total. The second-order valence-electron chi connectivity index (χ2n) is 1.56. The first-order valence-electron chi connectivity index (χ1n) is 2.48. The van der Waals surface area contributed by atoms with E-state index in [1.165, 1.54) is 13.1 Å². The van der Waals surface area contributed by atoms with Crippen molar-refractivity contribution < 1.29 is 9.90 Å². The number of aliphatic hydroxyl groups excluding tert-OH is 1. The summed E-state index contributed by atoms with van der Waals surface area (Å²) in [5.41, 5.74) is 4.80. The minimum atomic E-state index is -0.903. The van der Waals surface area contributed by atoms with Crippen LogP contribution in [0.1, 0.15) is 6.92 Å². The molecule has 0 aliphatic carbocycles. The first-order valence-corrected chi connectivity index (χ1v) is 2.48. The fourth-order valence-corrected chi connectivity index (χ4v) is 0.427. The van der Waals surface area contributed by atoms with Crippen LogP contribution in [0.25, 0.3) is 0 Å². The number of urea groups is 1. The average molecular weight is 130 g/mol. The Morgan fingerprint density at radius 1 is 2.00 bits per heavy atom. The molecular weight excluding hydrogens is 120 g/mol. The Kier molecular flexibility index (Phi) is 2.73. The van der Waals surface area contributed by atoms with E-state index < -0.39 is 12.3 Å². The summed E-state index contributed by atoms with van der Waals surface area (Å²) in [5.74, 6) is 0. The molecule has 0 rings (SSSR count). The van der Waals surface area contributed by atoms with Crippen LogP contribution in [-0.4, -0.2) is 22.3 Å². The van der Waals surface area contributed by atoms with Crippen LogP contribution in [0.15, 0.2) is 12.8 Å². The van der Waals surface area contributed by atoms with Gasteiger partial charge in [0.15, 0.2) is 0 Å². The van der Waals surface area contributed by atoms with Crippen molar-refractivity contribution in [1.82, 2.24) is 4.90 Å². The molecule has 0 aliphatic rings. The van der Waals surface area contributed by atoms with Gasteiger partial charge in [0.25, 0.3) is 0 Å². The van der Waals surface area contributed by atoms with Crippen molar-refractivity contribution in [3.63, 3.8) is 0 Å². The van der Waals surface area contributed by atoms with Gasteiger partial charge in [-0.05, 0) is 6.92 Å². The molecule has 2 amide bonds. The van der Waals surface area contributed by atoms with Crippen molar-refractivity contribution in [1.29, 1.82) is 0 Å². The highest BCUT2D eigenvalue weighted by Gasteiger charge is 2.09. The van der Waals surface area contributed by atoms with Crippen molar-refractivity contribution in [2.75, 3.05) is 0 Å². The molecule has 0 aromatic carbocycles. The number of primary amides is 1. The quantitative estimate of drug-likeness (QED) is 0.510. The SMILES string of the molecule is C=CN(C(N)=O)C(C)O. The predicted molar refractivity (Wildman–Crippen MR) is 33.3 cm³/mol. The molecule has 0 saturated heterocycles. The normalized spacial score (nSPS) is 12.2. The molecule has 0 aromatic heterocycles. The molecule has 0 bridgehead atoms. The van der Waals surface area contributed by atoms with Crippen LogP contribution in [0.2, 0.25) is 0 Å². The van der Waals surface area contributed by atoms with Crippen LogP contribution >= 0.6 is 0 Å². The Hall–Kier alpha value is -1.03. The molecule has 9 heavy (non-hydrogen) atoms. The van der Waals surface area contributed by atoms with Crippen LogP contribution in [0.4, 0.5) is 4.79 Å². The van der Waals surface area contributed by atoms with Crippen molar-refractivity contribution in [3.05, 3.63) is 12.8 Å². The maximum atomic E-state index is 10.3. The van der Waals surface area contributed by atoms with Gasteiger partial charge < -0.3 is 10.8 Å². The highest BCUT2D eigenvalue weighted by Crippen LogP contribution is 1.92. The molecular formula is C5H10N2O2. The number of carbonyl (C=O) groups is 1. The van der Waals surface area contributed by atoms with Gasteiger partial charge in [0.1, 0.15) is 6.23 Å². The van der Waals surface area contributed by atoms with Gasteiger partial charge >= 0.3 is 6.03 Å². The number of nitrogens with zero attached hydrogens (tertiary/aromatic N) is 1. The van der Waals surface area contributed by atoms with Crippen LogP contribution in [-0.2, 0) is 0 Å². The third-order valence-corrected chi connectivity index (χ3v) is 0.854. The number of hydrogen-bond donors (Lipinski definition) is 2. The zero-order valence-corrected chi connectivity index (χ0v) is 5.24. The summed E-state index contributed by atoms with van der Waals surface area (Å²) in [6.07, 6.45) is 0.271. The molecule has 0 radical (unpaired) electrons. The standard InChI is InChI=1S/C5H10N2O2/c1-3-7(4(2)8)5(6)9/h3-4,8H,1H2,2H3,(H2,6,9). The van der Waals surface area contributed by atoms with Crippen LogP contribution in [0.5, 0.6) is 0 Å². The molecule has 0 aliphatic heterocycles. The molecule has 0 heterocycles. The molecule has 52 valence electrons. The van der Waals surface area contributed by atoms with Gasteiger partial charge in [0.05, 0.1) is 0 Å². The first kappa shape index (κ1) is 7.97. The number of aliphatic hydroxyl groups is 1. The summed E-state index contributed by atoms with van der Waals surface area (Å²) < 4.78 is 0. The molecule has 1 unspecified atom stereocenters. The Balaban J connectivity index is 3.98. The van der Waals surface area contributed by atoms with Crippen LogP contribution < -0.4 is 5.73 Å². The maximum Gasteiger partial charge on any atom is 0.320 e. The van der Waals surface area contributed by atoms with Crippen molar-refractivity contribution in [2.45, 2.75) is 13.2 Å². The summed E-state index contributed by atoms with van der Waals surface area (Å²) in [4.78, 5) is 11.2. The van der Waals surface area contributed by atoms with Gasteiger partial charge in [0.2, 0.25) is 0 Å². The van der Waals surface area contributed by atoms with Gasteiger partial charge in [-0.1, -0.05) is 6.58 Å². The van der Waals surface area contributed by atoms with E-state index in [2.05, 4.69) is 6.58 Å². The Morgan fingerprint density at radius 2 is 2.44 bits per heavy atom. The van der Waals surface area contributed by atoms with Gasteiger partial charge in [0, 0.05) is 6.20 Å². The van der Waals surface area contributed by atoms with E-state index in [0.29, 0.717) is 0 Å². The Bertz CT molecular complexity index is 122. The van der Waals surface area contributed by atoms with Gasteiger partial charge in [-0.15, -0.1) is 0 Å². The van der Waals surface area contributed by atoms with E-state index in [1.807, 2.05) is 0 Å². The van der Waals surface area contributed by atoms with Crippen LogP contribution in [0.3, 0.4) is 0 Å². The van der Waals surface area contributed by atoms with E-state index in [1.54, 1.807) is 0 Å². The summed E-state index contributed by atoms with van der Waals surface area (Å²) in [6.45, 7) is 4.69. The molecule has 0 fully saturated rings. The summed E-state index contributed by atoms with van der Waals surface area (Å²) in [6, 6.07) is -0.708. The predicted octanol–water partition coefficient (Wildman–Crippen LogP) is -0.151. The molecule has 3 N–H and O–H groups in total. The summed E-state index contributed by atoms with van der Waals surface area (Å²) in [5, 5.41) is 8.74. The van der Waals surface area contributed by atoms with Crippen LogP contribution in [0, 0.1) is 0 Å². The lowest BCUT2D eigenvalue weighted by atomic mass is 10.5. The zero-order valence-electron chi connectivity index (χ0n) is 5.24. The minimum absolute atomic E-state index is 0.708. The highest BCUT2D eigenvalue weighted by molar-refractivity contribution is 5.73. The fourth-order valence-electron chi connectivity index (χ4n) is 0.427. The maximum absolute atomic E-state index is 10.3. The minimum Gasteiger partial charge on any atom is -0.373 e. The molecule has 0 saturated carbocycles. The highest BCUT2D eigenvalue weighted by atomic mass is 16.3. The van der Waals surface area contributed by atoms with Crippen molar-refractivity contribution in [2.24, 2.45) is 5.73 Å². The van der Waals surface area contributed by atoms with Gasteiger partial charge in [-0.2, -0.15) is 0 Å². The number of amides is 2. The lowest BCUT2D eigenvalue weighted by molar-refractivity contribution is 0.0788. The second kappa shape index (κ2) is 3.09. The van der Waals surface area contributed by atoms with Crippen molar-refractivity contribution in [3.8, 4) is 0 Å². The third-order valence-electron chi connectivity index (χ3n) is 0.854. The van der Waals surface area contributed by atoms with Gasteiger partial charge in [-0.25, -0.2) is 4.79 Å². The van der Waals surface area contributed by atoms with Crippen molar-refractivity contribution >= 4 is 6.03 Å². The summed E-state index contributed by atoms with van der Waals surface area (Å²) in [7, 11) is 0. The fraction of sp³-hybridized carbons (Fsp3) is 0.400. The van der Waals surface area contributed by atoms with E-state index >= 15 is 0 Å². The number of hydrogen-bond acceptors (Lipinski definition) is 2. The number of carbonyl (C=O) groups excluding carboxylic acids is 1. The summed E-state index contributed by atoms with van der Waals surface area (Å²) >= 11 is 0.